The molecule has 2 heterocycles. The van der Waals surface area contributed by atoms with E-state index in [9.17, 15) is 9.90 Å². The lowest BCUT2D eigenvalue weighted by molar-refractivity contribution is -0.120. The van der Waals surface area contributed by atoms with Crippen molar-refractivity contribution in [2.45, 2.75) is 25.0 Å². The van der Waals surface area contributed by atoms with E-state index in [4.69, 9.17) is 4.74 Å². The number of hydrogen-bond acceptors (Lipinski definition) is 5. The lowest BCUT2D eigenvalue weighted by Gasteiger charge is -2.12. The van der Waals surface area contributed by atoms with E-state index in [-0.39, 0.29) is 37.5 Å². The maximum Gasteiger partial charge on any atom is 0.234 e. The van der Waals surface area contributed by atoms with Gasteiger partial charge in [0.25, 0.3) is 0 Å². The summed E-state index contributed by atoms with van der Waals surface area (Å²) in [6, 6.07) is 10.00. The predicted molar refractivity (Wildman–Crippen MR) is 98.9 cm³/mol. The summed E-state index contributed by atoms with van der Waals surface area (Å²) in [4.78, 5) is 12.7. The third-order valence-electron chi connectivity index (χ3n) is 3.95. The Morgan fingerprint density at radius 2 is 2.25 bits per heavy atom. The molecule has 2 aromatic rings. The minimum absolute atomic E-state index is 0. The standard InChI is InChI=1S/C17H22N2O3S.ClH/c20-14(16-8-12-4-1-2-6-15(12)23-16)10-19-17(21)11-18-9-13-5-3-7-22-13;/h1-2,4,6,8,13-14,18,20H,3,5,7,9-11H2,(H,19,21);1H. The lowest BCUT2D eigenvalue weighted by Crippen LogP contribution is -2.38. The van der Waals surface area contributed by atoms with Crippen molar-refractivity contribution in [3.8, 4) is 0 Å². The van der Waals surface area contributed by atoms with E-state index in [1.54, 1.807) is 11.3 Å². The second kappa shape index (κ2) is 9.34. The Balaban J connectivity index is 0.00000208. The van der Waals surface area contributed by atoms with Crippen LogP contribution in [0.5, 0.6) is 0 Å². The molecule has 1 aromatic carbocycles. The first-order valence-electron chi connectivity index (χ1n) is 7.98. The second-order valence-corrected chi connectivity index (χ2v) is 6.89. The summed E-state index contributed by atoms with van der Waals surface area (Å²) >= 11 is 1.56. The molecule has 3 N–H and O–H groups in total. The molecule has 1 fully saturated rings. The number of hydrogen-bond donors (Lipinski definition) is 3. The van der Waals surface area contributed by atoms with E-state index in [2.05, 4.69) is 10.6 Å². The molecule has 0 spiro atoms. The maximum atomic E-state index is 11.8. The highest BCUT2D eigenvalue weighted by Gasteiger charge is 2.16. The summed E-state index contributed by atoms with van der Waals surface area (Å²) < 4.78 is 6.63. The number of aliphatic hydroxyl groups is 1. The molecule has 1 aliphatic rings. The van der Waals surface area contributed by atoms with Gasteiger partial charge in [0, 0.05) is 29.3 Å². The Bertz CT molecular complexity index is 625. The van der Waals surface area contributed by atoms with Crippen molar-refractivity contribution in [2.75, 3.05) is 26.2 Å². The van der Waals surface area contributed by atoms with Gasteiger partial charge in [-0.25, -0.2) is 0 Å². The van der Waals surface area contributed by atoms with Crippen LogP contribution < -0.4 is 10.6 Å². The molecule has 1 aliphatic heterocycles. The van der Waals surface area contributed by atoms with Crippen molar-refractivity contribution in [1.82, 2.24) is 10.6 Å². The number of halogens is 1. The molecule has 0 aliphatic carbocycles. The van der Waals surface area contributed by atoms with Gasteiger partial charge < -0.3 is 20.5 Å². The van der Waals surface area contributed by atoms with Crippen molar-refractivity contribution < 1.29 is 14.6 Å². The molecule has 24 heavy (non-hydrogen) atoms. The highest BCUT2D eigenvalue weighted by atomic mass is 35.5. The van der Waals surface area contributed by atoms with Gasteiger partial charge in [-0.05, 0) is 30.4 Å². The molecule has 5 nitrogen and oxygen atoms in total. The van der Waals surface area contributed by atoms with Gasteiger partial charge in [0.1, 0.15) is 6.10 Å². The number of aliphatic hydroxyl groups excluding tert-OH is 1. The molecule has 0 radical (unpaired) electrons. The zero-order valence-corrected chi connectivity index (χ0v) is 15.0. The molecule has 7 heteroatoms. The molecule has 1 aromatic heterocycles. The van der Waals surface area contributed by atoms with Gasteiger partial charge in [0.05, 0.1) is 12.6 Å². The first-order valence-corrected chi connectivity index (χ1v) is 8.79. The normalized spacial score (nSPS) is 18.3. The first kappa shape index (κ1) is 19.1. The van der Waals surface area contributed by atoms with Crippen LogP contribution in [0.25, 0.3) is 10.1 Å². The summed E-state index contributed by atoms with van der Waals surface area (Å²) in [6.45, 7) is 2.00. The van der Waals surface area contributed by atoms with Gasteiger partial charge in [-0.2, -0.15) is 0 Å². The van der Waals surface area contributed by atoms with Gasteiger partial charge in [-0.1, -0.05) is 18.2 Å². The van der Waals surface area contributed by atoms with Crippen LogP contribution in [0.2, 0.25) is 0 Å². The van der Waals surface area contributed by atoms with Gasteiger partial charge in [0.2, 0.25) is 5.91 Å². The molecule has 1 amide bonds. The Morgan fingerprint density at radius 1 is 1.42 bits per heavy atom. The molecule has 2 atom stereocenters. The van der Waals surface area contributed by atoms with Crippen LogP contribution in [0.3, 0.4) is 0 Å². The molecule has 0 saturated carbocycles. The van der Waals surface area contributed by atoms with Crippen molar-refractivity contribution >= 4 is 39.7 Å². The van der Waals surface area contributed by atoms with Crippen LogP contribution in [0.15, 0.2) is 30.3 Å². The number of rotatable bonds is 7. The molecule has 3 rings (SSSR count). The SMILES string of the molecule is Cl.O=C(CNCC1CCCO1)NCC(O)c1cc2ccccc2s1. The first-order chi connectivity index (χ1) is 11.2. The van der Waals surface area contributed by atoms with Gasteiger partial charge in [-0.3, -0.25) is 4.79 Å². The number of fused-ring (bicyclic) bond motifs is 1. The van der Waals surface area contributed by atoms with E-state index >= 15 is 0 Å². The number of benzene rings is 1. The van der Waals surface area contributed by atoms with Crippen molar-refractivity contribution in [3.05, 3.63) is 35.2 Å². The topological polar surface area (TPSA) is 70.6 Å². The third kappa shape index (κ3) is 5.16. The summed E-state index contributed by atoms with van der Waals surface area (Å²) in [5.74, 6) is -0.108. The lowest BCUT2D eigenvalue weighted by atomic mass is 10.2. The van der Waals surface area contributed by atoms with E-state index in [1.807, 2.05) is 30.3 Å². The van der Waals surface area contributed by atoms with Gasteiger partial charge in [0.15, 0.2) is 0 Å². The highest BCUT2D eigenvalue weighted by molar-refractivity contribution is 7.19. The average molecular weight is 371 g/mol. The number of thiophene rings is 1. The molecule has 1 saturated heterocycles. The second-order valence-electron chi connectivity index (χ2n) is 5.77. The van der Waals surface area contributed by atoms with Crippen LogP contribution >= 0.6 is 23.7 Å². The summed E-state index contributed by atoms with van der Waals surface area (Å²) in [7, 11) is 0. The Morgan fingerprint density at radius 3 is 3.00 bits per heavy atom. The fourth-order valence-electron chi connectivity index (χ4n) is 2.69. The summed E-state index contributed by atoms with van der Waals surface area (Å²) in [5.41, 5.74) is 0. The number of amides is 1. The smallest absolute Gasteiger partial charge is 0.234 e. The molecular weight excluding hydrogens is 348 g/mol. The van der Waals surface area contributed by atoms with E-state index in [0.29, 0.717) is 6.54 Å². The van der Waals surface area contributed by atoms with Crippen LogP contribution in [-0.4, -0.2) is 43.4 Å². The fourth-order valence-corrected chi connectivity index (χ4v) is 3.74. The van der Waals surface area contributed by atoms with Crippen molar-refractivity contribution in [1.29, 1.82) is 0 Å². The third-order valence-corrected chi connectivity index (χ3v) is 5.16. The maximum absolute atomic E-state index is 11.8. The quantitative estimate of drug-likeness (QED) is 0.699. The minimum atomic E-state index is -0.672. The average Bonchev–Trinajstić information content (AvgIpc) is 3.21. The van der Waals surface area contributed by atoms with Crippen LogP contribution in [0.4, 0.5) is 0 Å². The van der Waals surface area contributed by atoms with Gasteiger partial charge in [-0.15, -0.1) is 23.7 Å². The monoisotopic (exact) mass is 370 g/mol. The van der Waals surface area contributed by atoms with Crippen LogP contribution in [-0.2, 0) is 9.53 Å². The van der Waals surface area contributed by atoms with E-state index in [0.717, 1.165) is 34.4 Å². The molecular formula is C17H23ClN2O3S. The van der Waals surface area contributed by atoms with Crippen LogP contribution in [0, 0.1) is 0 Å². The Hall–Kier alpha value is -1.18. The van der Waals surface area contributed by atoms with E-state index in [1.165, 1.54) is 0 Å². The summed E-state index contributed by atoms with van der Waals surface area (Å²) in [6.07, 6.45) is 1.71. The highest BCUT2D eigenvalue weighted by Crippen LogP contribution is 2.29. The number of carbonyl (C=O) groups is 1. The van der Waals surface area contributed by atoms with Crippen LogP contribution in [0.1, 0.15) is 23.8 Å². The van der Waals surface area contributed by atoms with E-state index < -0.39 is 6.10 Å². The summed E-state index contributed by atoms with van der Waals surface area (Å²) in [5, 5.41) is 17.2. The van der Waals surface area contributed by atoms with Gasteiger partial charge >= 0.3 is 0 Å². The molecule has 132 valence electrons. The number of ether oxygens (including phenoxy) is 1. The zero-order valence-electron chi connectivity index (χ0n) is 13.4. The zero-order chi connectivity index (χ0) is 16.1. The largest absolute Gasteiger partial charge is 0.386 e. The minimum Gasteiger partial charge on any atom is -0.386 e. The Labute approximate surface area is 151 Å². The molecule has 2 unspecified atom stereocenters. The van der Waals surface area contributed by atoms with Crippen molar-refractivity contribution in [3.63, 3.8) is 0 Å². The predicted octanol–water partition coefficient (Wildman–Crippen LogP) is 2.24. The fraction of sp³-hybridized carbons (Fsp3) is 0.471. The number of nitrogens with one attached hydrogen (secondary N) is 2. The number of carbonyl (C=O) groups excluding carboxylic acids is 1. The Kier molecular flexibility index (Phi) is 7.45. The van der Waals surface area contributed by atoms with Crippen molar-refractivity contribution in [2.24, 2.45) is 0 Å². The molecule has 0 bridgehead atoms.